The molecule has 0 fully saturated rings. The molecule has 0 saturated heterocycles. The standard InChI is InChI=1S/C12H16N2O/c1-3-14-7-9(8-15-2)10-5-4-6-11(13)12(10)14/h4-7H,3,8,13H2,1-2H3. The van der Waals surface area contributed by atoms with Gasteiger partial charge in [-0.1, -0.05) is 12.1 Å². The summed E-state index contributed by atoms with van der Waals surface area (Å²) < 4.78 is 7.35. The second-order valence-electron chi connectivity index (χ2n) is 3.62. The van der Waals surface area contributed by atoms with Crippen LogP contribution in [0.4, 0.5) is 5.69 Å². The summed E-state index contributed by atoms with van der Waals surface area (Å²) in [6, 6.07) is 6.01. The van der Waals surface area contributed by atoms with E-state index in [1.54, 1.807) is 7.11 Å². The zero-order valence-electron chi connectivity index (χ0n) is 9.16. The van der Waals surface area contributed by atoms with Gasteiger partial charge >= 0.3 is 0 Å². The van der Waals surface area contributed by atoms with Crippen LogP contribution in [0.1, 0.15) is 12.5 Å². The summed E-state index contributed by atoms with van der Waals surface area (Å²) >= 11 is 0. The van der Waals surface area contributed by atoms with E-state index < -0.39 is 0 Å². The molecule has 0 aliphatic heterocycles. The van der Waals surface area contributed by atoms with Gasteiger partial charge < -0.3 is 15.0 Å². The molecule has 1 aromatic carbocycles. The quantitative estimate of drug-likeness (QED) is 0.780. The van der Waals surface area contributed by atoms with Gasteiger partial charge in [-0.3, -0.25) is 0 Å². The first kappa shape index (κ1) is 10.1. The number of nitrogens with two attached hydrogens (primary N) is 1. The molecule has 0 aliphatic carbocycles. The summed E-state index contributed by atoms with van der Waals surface area (Å²) in [6.07, 6.45) is 2.12. The summed E-state index contributed by atoms with van der Waals surface area (Å²) in [5.41, 5.74) is 9.12. The predicted octanol–water partition coefficient (Wildman–Crippen LogP) is 2.39. The fourth-order valence-corrected chi connectivity index (χ4v) is 1.98. The summed E-state index contributed by atoms with van der Waals surface area (Å²) in [5.74, 6) is 0. The Morgan fingerprint density at radius 2 is 2.20 bits per heavy atom. The van der Waals surface area contributed by atoms with Gasteiger partial charge in [-0.25, -0.2) is 0 Å². The maximum absolute atomic E-state index is 5.98. The van der Waals surface area contributed by atoms with Gasteiger partial charge in [0, 0.05) is 30.8 Å². The highest BCUT2D eigenvalue weighted by molar-refractivity contribution is 5.93. The van der Waals surface area contributed by atoms with Gasteiger partial charge in [-0.15, -0.1) is 0 Å². The van der Waals surface area contributed by atoms with Crippen molar-refractivity contribution in [3.8, 4) is 0 Å². The average Bonchev–Trinajstić information content (AvgIpc) is 2.59. The molecule has 0 amide bonds. The zero-order valence-corrected chi connectivity index (χ0v) is 9.16. The number of nitrogens with zero attached hydrogens (tertiary/aromatic N) is 1. The van der Waals surface area contributed by atoms with E-state index in [0.717, 1.165) is 17.7 Å². The molecule has 2 aromatic rings. The summed E-state index contributed by atoms with van der Waals surface area (Å²) in [7, 11) is 1.71. The number of aryl methyl sites for hydroxylation is 1. The minimum absolute atomic E-state index is 0.632. The van der Waals surface area contributed by atoms with Crippen LogP contribution in [0.3, 0.4) is 0 Å². The maximum Gasteiger partial charge on any atom is 0.0733 e. The van der Waals surface area contributed by atoms with Crippen molar-refractivity contribution < 1.29 is 4.74 Å². The molecular weight excluding hydrogens is 188 g/mol. The summed E-state index contributed by atoms with van der Waals surface area (Å²) in [4.78, 5) is 0. The first-order valence-corrected chi connectivity index (χ1v) is 5.13. The van der Waals surface area contributed by atoms with Crippen LogP contribution in [0.25, 0.3) is 10.9 Å². The zero-order chi connectivity index (χ0) is 10.8. The fraction of sp³-hybridized carbons (Fsp3) is 0.333. The van der Waals surface area contributed by atoms with Crippen LogP contribution in [0.2, 0.25) is 0 Å². The highest BCUT2D eigenvalue weighted by atomic mass is 16.5. The Balaban J connectivity index is 2.69. The Hall–Kier alpha value is -1.48. The van der Waals surface area contributed by atoms with Crippen molar-refractivity contribution in [3.63, 3.8) is 0 Å². The Labute approximate surface area is 89.4 Å². The molecule has 0 atom stereocenters. The number of hydrogen-bond acceptors (Lipinski definition) is 2. The van der Waals surface area contributed by atoms with Gasteiger partial charge in [0.1, 0.15) is 0 Å². The number of aromatic nitrogens is 1. The molecule has 2 N–H and O–H groups in total. The molecule has 1 heterocycles. The lowest BCUT2D eigenvalue weighted by atomic mass is 10.1. The van der Waals surface area contributed by atoms with Gasteiger partial charge in [-0.05, 0) is 13.0 Å². The number of para-hydroxylation sites is 1. The minimum atomic E-state index is 0.632. The molecule has 3 nitrogen and oxygen atoms in total. The minimum Gasteiger partial charge on any atom is -0.397 e. The normalized spacial score (nSPS) is 11.1. The van der Waals surface area contributed by atoms with Gasteiger partial charge in [0.05, 0.1) is 17.8 Å². The monoisotopic (exact) mass is 204 g/mol. The van der Waals surface area contributed by atoms with Crippen LogP contribution in [0, 0.1) is 0 Å². The molecule has 0 spiro atoms. The molecule has 3 heteroatoms. The number of ether oxygens (including phenoxy) is 1. The number of nitrogen functional groups attached to an aromatic ring is 1. The topological polar surface area (TPSA) is 40.2 Å². The molecule has 0 unspecified atom stereocenters. The number of benzene rings is 1. The van der Waals surface area contributed by atoms with Crippen molar-refractivity contribution in [2.24, 2.45) is 0 Å². The third kappa shape index (κ3) is 1.59. The third-order valence-corrected chi connectivity index (χ3v) is 2.65. The van der Waals surface area contributed by atoms with E-state index in [2.05, 4.69) is 23.8 Å². The van der Waals surface area contributed by atoms with E-state index >= 15 is 0 Å². The van der Waals surface area contributed by atoms with Gasteiger partial charge in [0.15, 0.2) is 0 Å². The van der Waals surface area contributed by atoms with Crippen LogP contribution in [-0.2, 0) is 17.9 Å². The van der Waals surface area contributed by atoms with Gasteiger partial charge in [0.2, 0.25) is 0 Å². The Morgan fingerprint density at radius 3 is 2.87 bits per heavy atom. The summed E-state index contributed by atoms with van der Waals surface area (Å²) in [6.45, 7) is 3.67. The molecule has 2 rings (SSSR count). The third-order valence-electron chi connectivity index (χ3n) is 2.65. The molecule has 0 saturated carbocycles. The lowest BCUT2D eigenvalue weighted by molar-refractivity contribution is 0.186. The Bertz CT molecular complexity index is 474. The SMILES string of the molecule is CCn1cc(COC)c2cccc(N)c21. The lowest BCUT2D eigenvalue weighted by Gasteiger charge is -2.02. The maximum atomic E-state index is 5.98. The van der Waals surface area contributed by atoms with Gasteiger partial charge in [0.25, 0.3) is 0 Å². The van der Waals surface area contributed by atoms with E-state index in [4.69, 9.17) is 10.5 Å². The van der Waals surface area contributed by atoms with Crippen LogP contribution >= 0.6 is 0 Å². The van der Waals surface area contributed by atoms with Crippen molar-refractivity contribution >= 4 is 16.6 Å². The molecule has 0 aliphatic rings. The van der Waals surface area contributed by atoms with Crippen LogP contribution < -0.4 is 5.73 Å². The van der Waals surface area contributed by atoms with Gasteiger partial charge in [-0.2, -0.15) is 0 Å². The largest absolute Gasteiger partial charge is 0.397 e. The second-order valence-corrected chi connectivity index (χ2v) is 3.62. The highest BCUT2D eigenvalue weighted by Crippen LogP contribution is 2.26. The van der Waals surface area contributed by atoms with E-state index in [1.165, 1.54) is 10.9 Å². The molecular formula is C12H16N2O. The van der Waals surface area contributed by atoms with E-state index in [-0.39, 0.29) is 0 Å². The second kappa shape index (κ2) is 3.95. The van der Waals surface area contributed by atoms with E-state index in [0.29, 0.717) is 6.61 Å². The first-order chi connectivity index (χ1) is 7.27. The van der Waals surface area contributed by atoms with Crippen molar-refractivity contribution in [2.75, 3.05) is 12.8 Å². The Kier molecular flexibility index (Phi) is 2.64. The molecule has 15 heavy (non-hydrogen) atoms. The summed E-state index contributed by atoms with van der Waals surface area (Å²) in [5, 5.41) is 1.19. The van der Waals surface area contributed by atoms with Crippen LogP contribution in [0.5, 0.6) is 0 Å². The number of methoxy groups -OCH3 is 1. The molecule has 0 radical (unpaired) electrons. The predicted molar refractivity (Wildman–Crippen MR) is 62.7 cm³/mol. The number of anilines is 1. The van der Waals surface area contributed by atoms with Crippen molar-refractivity contribution in [1.29, 1.82) is 0 Å². The molecule has 1 aromatic heterocycles. The Morgan fingerprint density at radius 1 is 1.40 bits per heavy atom. The van der Waals surface area contributed by atoms with E-state index in [9.17, 15) is 0 Å². The highest BCUT2D eigenvalue weighted by Gasteiger charge is 2.09. The smallest absolute Gasteiger partial charge is 0.0733 e. The number of rotatable bonds is 3. The fourth-order valence-electron chi connectivity index (χ4n) is 1.98. The average molecular weight is 204 g/mol. The van der Waals surface area contributed by atoms with Crippen LogP contribution in [0.15, 0.2) is 24.4 Å². The van der Waals surface area contributed by atoms with Crippen molar-refractivity contribution in [1.82, 2.24) is 4.57 Å². The van der Waals surface area contributed by atoms with Crippen molar-refractivity contribution in [3.05, 3.63) is 30.0 Å². The lowest BCUT2D eigenvalue weighted by Crippen LogP contribution is -1.95. The van der Waals surface area contributed by atoms with E-state index in [1.807, 2.05) is 12.1 Å². The molecule has 0 bridgehead atoms. The molecule has 80 valence electrons. The number of hydrogen-bond donors (Lipinski definition) is 1. The van der Waals surface area contributed by atoms with Crippen molar-refractivity contribution in [2.45, 2.75) is 20.1 Å². The van der Waals surface area contributed by atoms with Crippen LogP contribution in [-0.4, -0.2) is 11.7 Å². The number of fused-ring (bicyclic) bond motifs is 1. The first-order valence-electron chi connectivity index (χ1n) is 5.13.